The fourth-order valence-corrected chi connectivity index (χ4v) is 3.40. The predicted octanol–water partition coefficient (Wildman–Crippen LogP) is 1.55. The molecule has 0 saturated heterocycles. The molecule has 1 heterocycles. The predicted molar refractivity (Wildman–Crippen MR) is 113 cm³/mol. The van der Waals surface area contributed by atoms with Crippen LogP contribution in [0.5, 0.6) is 11.5 Å². The number of nitrogens with two attached hydrogens (primary N) is 1. The molecule has 2 aromatic carbocycles. The van der Waals surface area contributed by atoms with Gasteiger partial charge in [-0.05, 0) is 36.2 Å². The first-order valence-corrected chi connectivity index (χ1v) is 10.5. The van der Waals surface area contributed by atoms with Crippen LogP contribution in [0, 0.1) is 0 Å². The Morgan fingerprint density at radius 2 is 1.77 bits per heavy atom. The molecule has 0 amide bonds. The van der Waals surface area contributed by atoms with Crippen molar-refractivity contribution in [3.05, 3.63) is 70.8 Å². The van der Waals surface area contributed by atoms with Crippen LogP contribution >= 0.6 is 0 Å². The maximum Gasteiger partial charge on any atom is 0.297 e. The summed E-state index contributed by atoms with van der Waals surface area (Å²) in [5.41, 5.74) is 1.20. The summed E-state index contributed by atoms with van der Waals surface area (Å²) in [7, 11) is -0.646. The van der Waals surface area contributed by atoms with Crippen molar-refractivity contribution < 1.29 is 17.9 Å². The van der Waals surface area contributed by atoms with Crippen molar-refractivity contribution in [1.82, 2.24) is 9.55 Å². The van der Waals surface area contributed by atoms with Crippen molar-refractivity contribution in [3.63, 3.8) is 0 Å². The first-order valence-electron chi connectivity index (χ1n) is 8.99. The van der Waals surface area contributed by atoms with E-state index < -0.39 is 10.0 Å². The molecular weight excluding hydrogens is 408 g/mol. The number of rotatable bonds is 8. The second kappa shape index (κ2) is 8.97. The molecule has 0 saturated carbocycles. The fourth-order valence-electron chi connectivity index (χ4n) is 2.88. The fraction of sp³-hybridized carbons (Fsp3) is 0.200. The molecule has 3 aromatic rings. The minimum atomic E-state index is -3.72. The summed E-state index contributed by atoms with van der Waals surface area (Å²) in [5.74, 6) is 1.28. The zero-order valence-corrected chi connectivity index (χ0v) is 17.3. The Morgan fingerprint density at radius 1 is 1.07 bits per heavy atom. The van der Waals surface area contributed by atoms with Gasteiger partial charge in [-0.2, -0.15) is 0 Å². The Balaban J connectivity index is 1.74. The molecule has 0 aliphatic rings. The summed E-state index contributed by atoms with van der Waals surface area (Å²) >= 11 is 0. The van der Waals surface area contributed by atoms with Crippen LogP contribution < -0.4 is 25.5 Å². The lowest BCUT2D eigenvalue weighted by atomic mass is 10.1. The second-order valence-electron chi connectivity index (χ2n) is 6.36. The van der Waals surface area contributed by atoms with Crippen LogP contribution in [0.3, 0.4) is 0 Å². The highest BCUT2D eigenvalue weighted by molar-refractivity contribution is 7.89. The van der Waals surface area contributed by atoms with Crippen LogP contribution in [0.25, 0.3) is 5.69 Å². The summed E-state index contributed by atoms with van der Waals surface area (Å²) in [6.07, 6.45) is 3.67. The van der Waals surface area contributed by atoms with Crippen molar-refractivity contribution in [3.8, 4) is 17.2 Å². The maximum atomic E-state index is 12.8. The molecule has 0 aliphatic heterocycles. The number of benzene rings is 2. The van der Waals surface area contributed by atoms with Gasteiger partial charge in [-0.15, -0.1) is 0 Å². The third-order valence-corrected chi connectivity index (χ3v) is 5.37. The van der Waals surface area contributed by atoms with Gasteiger partial charge in [0.2, 0.25) is 10.0 Å². The van der Waals surface area contributed by atoms with Gasteiger partial charge < -0.3 is 14.8 Å². The topological polar surface area (TPSA) is 126 Å². The molecule has 1 aromatic heterocycles. The highest BCUT2D eigenvalue weighted by Crippen LogP contribution is 2.28. The van der Waals surface area contributed by atoms with Gasteiger partial charge in [0.25, 0.3) is 5.56 Å². The molecule has 3 N–H and O–H groups in total. The number of hydrogen-bond acceptors (Lipinski definition) is 7. The SMILES string of the molecule is COc1ccc(-n2ccnc(NCCc3ccc(S(N)(=O)=O)cc3)c2=O)cc1OC. The maximum absolute atomic E-state index is 12.8. The number of aromatic nitrogens is 2. The molecule has 0 bridgehead atoms. The van der Waals surface area contributed by atoms with Gasteiger partial charge in [0.15, 0.2) is 17.3 Å². The summed E-state index contributed by atoms with van der Waals surface area (Å²) in [6, 6.07) is 11.4. The highest BCUT2D eigenvalue weighted by atomic mass is 32.2. The number of nitrogens with zero attached hydrogens (tertiary/aromatic N) is 2. The van der Waals surface area contributed by atoms with E-state index in [0.717, 1.165) is 5.56 Å². The van der Waals surface area contributed by atoms with E-state index in [9.17, 15) is 13.2 Å². The molecule has 3 rings (SSSR count). The van der Waals surface area contributed by atoms with Crippen LogP contribution in [0.15, 0.2) is 64.5 Å². The van der Waals surface area contributed by atoms with Gasteiger partial charge in [-0.1, -0.05) is 12.1 Å². The number of sulfonamides is 1. The lowest BCUT2D eigenvalue weighted by Gasteiger charge is -2.12. The van der Waals surface area contributed by atoms with Crippen LogP contribution in [0.4, 0.5) is 5.82 Å². The zero-order chi connectivity index (χ0) is 21.7. The van der Waals surface area contributed by atoms with Crippen molar-refractivity contribution in [2.24, 2.45) is 5.14 Å². The Bertz CT molecular complexity index is 1190. The van der Waals surface area contributed by atoms with E-state index in [1.54, 1.807) is 43.6 Å². The van der Waals surface area contributed by atoms with Crippen molar-refractivity contribution in [2.75, 3.05) is 26.1 Å². The summed E-state index contributed by atoms with van der Waals surface area (Å²) in [5, 5.41) is 8.12. The Kier molecular flexibility index (Phi) is 6.38. The summed E-state index contributed by atoms with van der Waals surface area (Å²) in [4.78, 5) is 17.0. The van der Waals surface area contributed by atoms with Crippen LogP contribution in [0.2, 0.25) is 0 Å². The number of hydrogen-bond donors (Lipinski definition) is 2. The molecule has 0 unspecified atom stereocenters. The van der Waals surface area contributed by atoms with E-state index in [0.29, 0.717) is 30.2 Å². The summed E-state index contributed by atoms with van der Waals surface area (Å²) in [6.45, 7) is 0.437. The van der Waals surface area contributed by atoms with Crippen LogP contribution in [-0.4, -0.2) is 38.7 Å². The van der Waals surface area contributed by atoms with E-state index >= 15 is 0 Å². The average Bonchev–Trinajstić information content (AvgIpc) is 2.74. The number of primary sulfonamides is 1. The minimum absolute atomic E-state index is 0.0572. The lowest BCUT2D eigenvalue weighted by molar-refractivity contribution is 0.355. The summed E-state index contributed by atoms with van der Waals surface area (Å²) < 4.78 is 34.6. The normalized spacial score (nSPS) is 11.2. The van der Waals surface area contributed by atoms with Gasteiger partial charge in [-0.25, -0.2) is 18.5 Å². The number of anilines is 1. The van der Waals surface area contributed by atoms with Crippen molar-refractivity contribution in [2.45, 2.75) is 11.3 Å². The van der Waals surface area contributed by atoms with Crippen LogP contribution in [-0.2, 0) is 16.4 Å². The third-order valence-electron chi connectivity index (χ3n) is 4.44. The van der Waals surface area contributed by atoms with Gasteiger partial charge in [-0.3, -0.25) is 9.36 Å². The Morgan fingerprint density at radius 3 is 2.40 bits per heavy atom. The number of methoxy groups -OCH3 is 2. The standard InChI is InChI=1S/C20H22N4O5S/c1-28-17-8-5-15(13-18(17)29-2)24-12-11-23-19(20(24)25)22-10-9-14-3-6-16(7-4-14)30(21,26)27/h3-8,11-13H,9-10H2,1-2H3,(H,22,23)(H2,21,26,27). The molecule has 0 spiro atoms. The Hall–Kier alpha value is -3.37. The molecule has 158 valence electrons. The molecular formula is C20H22N4O5S. The largest absolute Gasteiger partial charge is 0.493 e. The van der Waals surface area contributed by atoms with E-state index in [2.05, 4.69) is 10.3 Å². The zero-order valence-electron chi connectivity index (χ0n) is 16.5. The smallest absolute Gasteiger partial charge is 0.297 e. The molecule has 0 atom stereocenters. The minimum Gasteiger partial charge on any atom is -0.493 e. The quantitative estimate of drug-likeness (QED) is 0.555. The van der Waals surface area contributed by atoms with Crippen molar-refractivity contribution in [1.29, 1.82) is 0 Å². The Labute approximate surface area is 174 Å². The molecule has 0 aliphatic carbocycles. The first-order chi connectivity index (χ1) is 14.3. The lowest BCUT2D eigenvalue weighted by Crippen LogP contribution is -2.24. The second-order valence-corrected chi connectivity index (χ2v) is 7.92. The number of nitrogens with one attached hydrogen (secondary N) is 1. The average molecular weight is 430 g/mol. The molecule has 0 radical (unpaired) electrons. The van der Waals surface area contributed by atoms with E-state index in [1.165, 1.54) is 30.0 Å². The van der Waals surface area contributed by atoms with Crippen molar-refractivity contribution >= 4 is 15.8 Å². The van der Waals surface area contributed by atoms with E-state index in [-0.39, 0.29) is 16.3 Å². The molecule has 0 fully saturated rings. The molecule has 10 heteroatoms. The molecule has 9 nitrogen and oxygen atoms in total. The van der Waals surface area contributed by atoms with Gasteiger partial charge in [0.1, 0.15) is 0 Å². The first kappa shape index (κ1) is 21.3. The van der Waals surface area contributed by atoms with Gasteiger partial charge >= 0.3 is 0 Å². The van der Waals surface area contributed by atoms with Crippen LogP contribution in [0.1, 0.15) is 5.56 Å². The highest BCUT2D eigenvalue weighted by Gasteiger charge is 2.10. The van der Waals surface area contributed by atoms with Gasteiger partial charge in [0, 0.05) is 25.0 Å². The third kappa shape index (κ3) is 4.78. The van der Waals surface area contributed by atoms with E-state index in [4.69, 9.17) is 14.6 Å². The van der Waals surface area contributed by atoms with E-state index in [1.807, 2.05) is 0 Å². The molecule has 30 heavy (non-hydrogen) atoms. The van der Waals surface area contributed by atoms with Gasteiger partial charge in [0.05, 0.1) is 24.8 Å². The number of ether oxygens (including phenoxy) is 2. The monoisotopic (exact) mass is 430 g/mol.